The van der Waals surface area contributed by atoms with Gasteiger partial charge in [0.2, 0.25) is 11.8 Å². The van der Waals surface area contributed by atoms with Crippen LogP contribution in [-0.4, -0.2) is 17.4 Å². The van der Waals surface area contributed by atoms with Crippen LogP contribution < -0.4 is 11.1 Å². The normalized spacial score (nSPS) is 17.6. The van der Waals surface area contributed by atoms with E-state index < -0.39 is 11.4 Å². The number of carbonyl (C=O) groups is 2. The molecule has 0 atom stereocenters. The minimum atomic E-state index is -0.879. The number of amides is 2. The highest BCUT2D eigenvalue weighted by atomic mass is 16.2. The zero-order valence-electron chi connectivity index (χ0n) is 14.9. The number of carbonyl (C=O) groups excluding carboxylic acids is 2. The van der Waals surface area contributed by atoms with Crippen molar-refractivity contribution in [3.05, 3.63) is 41.5 Å². The Labute approximate surface area is 144 Å². The summed E-state index contributed by atoms with van der Waals surface area (Å²) in [4.78, 5) is 24.0. The third kappa shape index (κ3) is 4.47. The van der Waals surface area contributed by atoms with E-state index in [1.54, 1.807) is 6.08 Å². The molecule has 4 nitrogen and oxygen atoms in total. The summed E-state index contributed by atoms with van der Waals surface area (Å²) in [5.74, 6) is -0.700. The van der Waals surface area contributed by atoms with Crippen molar-refractivity contribution in [3.63, 3.8) is 0 Å². The van der Waals surface area contributed by atoms with E-state index in [1.807, 2.05) is 12.1 Å². The van der Waals surface area contributed by atoms with E-state index in [-0.39, 0.29) is 11.3 Å². The molecule has 0 radical (unpaired) electrons. The Kier molecular flexibility index (Phi) is 5.47. The van der Waals surface area contributed by atoms with Gasteiger partial charge in [0.15, 0.2) is 0 Å². The van der Waals surface area contributed by atoms with Crippen LogP contribution in [0, 0.1) is 0 Å². The molecule has 1 aliphatic rings. The van der Waals surface area contributed by atoms with Crippen LogP contribution in [0.15, 0.2) is 30.3 Å². The van der Waals surface area contributed by atoms with Gasteiger partial charge >= 0.3 is 0 Å². The fourth-order valence-corrected chi connectivity index (χ4v) is 3.13. The molecule has 0 spiro atoms. The summed E-state index contributed by atoms with van der Waals surface area (Å²) in [6, 6.07) is 8.14. The number of rotatable bonds is 4. The lowest BCUT2D eigenvalue weighted by atomic mass is 9.81. The second kappa shape index (κ2) is 7.20. The van der Waals surface area contributed by atoms with Gasteiger partial charge in [-0.1, -0.05) is 64.3 Å². The second-order valence-electron chi connectivity index (χ2n) is 7.70. The standard InChI is InChI=1S/C20H28N2O2/c1-19(2,3)16-10-7-15(8-11-16)9-12-17(23)22-20(18(21)24)13-5-4-6-14-20/h7-12H,4-6,13-14H2,1-3H3,(H2,21,24)(H,22,23)/b12-9+. The summed E-state index contributed by atoms with van der Waals surface area (Å²) in [5, 5.41) is 2.84. The highest BCUT2D eigenvalue weighted by molar-refractivity contribution is 5.97. The molecule has 1 fully saturated rings. The first-order valence-corrected chi connectivity index (χ1v) is 8.64. The van der Waals surface area contributed by atoms with Gasteiger partial charge in [-0.3, -0.25) is 9.59 Å². The topological polar surface area (TPSA) is 72.2 Å². The molecule has 24 heavy (non-hydrogen) atoms. The van der Waals surface area contributed by atoms with E-state index >= 15 is 0 Å². The molecular weight excluding hydrogens is 300 g/mol. The maximum absolute atomic E-state index is 12.2. The van der Waals surface area contributed by atoms with Crippen molar-refractivity contribution in [3.8, 4) is 0 Å². The molecule has 3 N–H and O–H groups in total. The molecule has 0 bridgehead atoms. The van der Waals surface area contributed by atoms with Gasteiger partial charge in [0.05, 0.1) is 0 Å². The quantitative estimate of drug-likeness (QED) is 0.832. The van der Waals surface area contributed by atoms with Crippen molar-refractivity contribution in [2.24, 2.45) is 5.73 Å². The first-order chi connectivity index (χ1) is 11.2. The fraction of sp³-hybridized carbons (Fsp3) is 0.500. The van der Waals surface area contributed by atoms with Gasteiger partial charge in [0, 0.05) is 6.08 Å². The Morgan fingerprint density at radius 3 is 2.17 bits per heavy atom. The van der Waals surface area contributed by atoms with E-state index in [9.17, 15) is 9.59 Å². The van der Waals surface area contributed by atoms with Crippen molar-refractivity contribution in [1.82, 2.24) is 5.32 Å². The minimum Gasteiger partial charge on any atom is -0.368 e. The van der Waals surface area contributed by atoms with Crippen molar-refractivity contribution in [1.29, 1.82) is 0 Å². The molecule has 1 aliphatic carbocycles. The molecule has 4 heteroatoms. The van der Waals surface area contributed by atoms with Crippen molar-refractivity contribution < 1.29 is 9.59 Å². The van der Waals surface area contributed by atoms with Gasteiger partial charge < -0.3 is 11.1 Å². The minimum absolute atomic E-state index is 0.106. The van der Waals surface area contributed by atoms with Gasteiger partial charge in [-0.15, -0.1) is 0 Å². The number of hydrogen-bond acceptors (Lipinski definition) is 2. The lowest BCUT2D eigenvalue weighted by Crippen LogP contribution is -2.58. The van der Waals surface area contributed by atoms with Crippen LogP contribution >= 0.6 is 0 Å². The van der Waals surface area contributed by atoms with Gasteiger partial charge in [0.1, 0.15) is 5.54 Å². The summed E-state index contributed by atoms with van der Waals surface area (Å²) in [6.07, 6.45) is 7.42. The Balaban J connectivity index is 2.03. The maximum atomic E-state index is 12.2. The summed E-state index contributed by atoms with van der Waals surface area (Å²) in [7, 11) is 0. The van der Waals surface area contributed by atoms with Crippen LogP contribution in [0.2, 0.25) is 0 Å². The van der Waals surface area contributed by atoms with Crippen LogP contribution in [0.5, 0.6) is 0 Å². The monoisotopic (exact) mass is 328 g/mol. The van der Waals surface area contributed by atoms with Crippen LogP contribution in [-0.2, 0) is 15.0 Å². The molecule has 2 rings (SSSR count). The van der Waals surface area contributed by atoms with E-state index in [1.165, 1.54) is 11.6 Å². The molecule has 1 aromatic rings. The van der Waals surface area contributed by atoms with Crippen LogP contribution in [0.1, 0.15) is 64.0 Å². The van der Waals surface area contributed by atoms with E-state index in [4.69, 9.17) is 5.73 Å². The first kappa shape index (κ1) is 18.2. The van der Waals surface area contributed by atoms with Crippen molar-refractivity contribution in [2.45, 2.75) is 63.8 Å². The molecular formula is C20H28N2O2. The number of benzene rings is 1. The largest absolute Gasteiger partial charge is 0.368 e. The third-order valence-electron chi connectivity index (χ3n) is 4.75. The van der Waals surface area contributed by atoms with Gasteiger partial charge in [-0.2, -0.15) is 0 Å². The van der Waals surface area contributed by atoms with Crippen LogP contribution in [0.4, 0.5) is 0 Å². The fourth-order valence-electron chi connectivity index (χ4n) is 3.13. The Hall–Kier alpha value is -2.10. The Morgan fingerprint density at radius 2 is 1.67 bits per heavy atom. The number of primary amides is 1. The SMILES string of the molecule is CC(C)(C)c1ccc(/C=C/C(=O)NC2(C(N)=O)CCCCC2)cc1. The van der Waals surface area contributed by atoms with Gasteiger partial charge in [-0.05, 0) is 35.5 Å². The molecule has 130 valence electrons. The molecule has 0 heterocycles. The Morgan fingerprint density at radius 1 is 1.08 bits per heavy atom. The average Bonchev–Trinajstić information content (AvgIpc) is 2.53. The third-order valence-corrected chi connectivity index (χ3v) is 4.75. The predicted octanol–water partition coefficient (Wildman–Crippen LogP) is 3.30. The summed E-state index contributed by atoms with van der Waals surface area (Å²) < 4.78 is 0. The highest BCUT2D eigenvalue weighted by Gasteiger charge is 2.38. The first-order valence-electron chi connectivity index (χ1n) is 8.64. The lowest BCUT2D eigenvalue weighted by Gasteiger charge is -2.34. The number of nitrogens with two attached hydrogens (primary N) is 1. The molecule has 0 unspecified atom stereocenters. The molecule has 2 amide bonds. The number of hydrogen-bond donors (Lipinski definition) is 2. The van der Waals surface area contributed by atoms with Crippen LogP contribution in [0.3, 0.4) is 0 Å². The van der Waals surface area contributed by atoms with Crippen molar-refractivity contribution in [2.75, 3.05) is 0 Å². The molecule has 1 saturated carbocycles. The smallest absolute Gasteiger partial charge is 0.244 e. The van der Waals surface area contributed by atoms with Crippen molar-refractivity contribution >= 4 is 17.9 Å². The summed E-state index contributed by atoms with van der Waals surface area (Å²) in [6.45, 7) is 6.50. The number of nitrogens with one attached hydrogen (secondary N) is 1. The lowest BCUT2D eigenvalue weighted by molar-refractivity contribution is -0.130. The molecule has 1 aromatic carbocycles. The Bertz CT molecular complexity index is 618. The molecule has 0 saturated heterocycles. The summed E-state index contributed by atoms with van der Waals surface area (Å²) in [5.41, 5.74) is 6.97. The zero-order chi connectivity index (χ0) is 17.8. The van der Waals surface area contributed by atoms with E-state index in [2.05, 4.69) is 38.2 Å². The van der Waals surface area contributed by atoms with Gasteiger partial charge in [0.25, 0.3) is 0 Å². The zero-order valence-corrected chi connectivity index (χ0v) is 14.9. The molecule has 0 aliphatic heterocycles. The second-order valence-corrected chi connectivity index (χ2v) is 7.70. The summed E-state index contributed by atoms with van der Waals surface area (Å²) >= 11 is 0. The van der Waals surface area contributed by atoms with E-state index in [0.29, 0.717) is 12.8 Å². The highest BCUT2D eigenvalue weighted by Crippen LogP contribution is 2.28. The van der Waals surface area contributed by atoms with E-state index in [0.717, 1.165) is 24.8 Å². The maximum Gasteiger partial charge on any atom is 0.244 e. The average molecular weight is 328 g/mol. The predicted molar refractivity (Wildman–Crippen MR) is 97.3 cm³/mol. The van der Waals surface area contributed by atoms with Gasteiger partial charge in [-0.25, -0.2) is 0 Å². The van der Waals surface area contributed by atoms with Crippen LogP contribution in [0.25, 0.3) is 6.08 Å². The molecule has 0 aromatic heterocycles.